The second-order valence-corrected chi connectivity index (χ2v) is 6.28. The van der Waals surface area contributed by atoms with Crippen molar-refractivity contribution in [3.63, 3.8) is 0 Å². The molecule has 3 heteroatoms. The molecule has 0 aliphatic carbocycles. The molecule has 102 valence electrons. The smallest absolute Gasteiger partial charge is 0.0671 e. The molecule has 1 nitrogen and oxygen atoms in total. The summed E-state index contributed by atoms with van der Waals surface area (Å²) in [6, 6.07) is 19.1. The molecule has 0 spiro atoms. The number of hydrogen-bond acceptors (Lipinski definition) is 2. The minimum atomic E-state index is 0.205. The molecule has 2 aromatic carbocycles. The average molecular weight is 302 g/mol. The van der Waals surface area contributed by atoms with Crippen molar-refractivity contribution in [2.75, 3.05) is 6.54 Å². The van der Waals surface area contributed by atoms with Crippen LogP contribution in [0.1, 0.15) is 23.4 Å². The quantitative estimate of drug-likeness (QED) is 0.693. The van der Waals surface area contributed by atoms with Gasteiger partial charge >= 0.3 is 0 Å². The van der Waals surface area contributed by atoms with E-state index in [0.717, 1.165) is 11.6 Å². The molecule has 1 heterocycles. The lowest BCUT2D eigenvalue weighted by molar-refractivity contribution is 0.640. The lowest BCUT2D eigenvalue weighted by Gasteiger charge is -2.17. The van der Waals surface area contributed by atoms with Gasteiger partial charge in [0.15, 0.2) is 0 Å². The highest BCUT2D eigenvalue weighted by molar-refractivity contribution is 7.19. The molecular formula is C17H16ClNS. The summed E-state index contributed by atoms with van der Waals surface area (Å²) in [6.07, 6.45) is 0. The van der Waals surface area contributed by atoms with Gasteiger partial charge < -0.3 is 5.32 Å². The van der Waals surface area contributed by atoms with Gasteiger partial charge in [0.2, 0.25) is 0 Å². The van der Waals surface area contributed by atoms with E-state index in [4.69, 9.17) is 11.6 Å². The molecule has 1 unspecified atom stereocenters. The van der Waals surface area contributed by atoms with E-state index in [9.17, 15) is 0 Å². The van der Waals surface area contributed by atoms with Crippen LogP contribution >= 0.6 is 22.9 Å². The average Bonchev–Trinajstić information content (AvgIpc) is 2.88. The number of hydrogen-bond donors (Lipinski definition) is 1. The summed E-state index contributed by atoms with van der Waals surface area (Å²) >= 11 is 7.97. The van der Waals surface area contributed by atoms with Crippen LogP contribution in [0.4, 0.5) is 0 Å². The molecule has 1 atom stereocenters. The van der Waals surface area contributed by atoms with Crippen LogP contribution in [-0.2, 0) is 0 Å². The summed E-state index contributed by atoms with van der Waals surface area (Å²) in [4.78, 5) is 1.33. The predicted octanol–water partition coefficient (Wildman–Crippen LogP) is 5.25. The summed E-state index contributed by atoms with van der Waals surface area (Å²) < 4.78 is 1.33. The molecule has 3 rings (SSSR count). The molecule has 1 aromatic heterocycles. The maximum absolute atomic E-state index is 6.13. The number of halogens is 1. The zero-order valence-corrected chi connectivity index (χ0v) is 12.8. The molecule has 1 N–H and O–H groups in total. The van der Waals surface area contributed by atoms with Gasteiger partial charge in [0.25, 0.3) is 0 Å². The van der Waals surface area contributed by atoms with E-state index in [2.05, 4.69) is 48.6 Å². The second-order valence-electron chi connectivity index (χ2n) is 4.73. The molecular weight excluding hydrogens is 286 g/mol. The van der Waals surface area contributed by atoms with Crippen LogP contribution < -0.4 is 5.32 Å². The van der Waals surface area contributed by atoms with Gasteiger partial charge in [-0.2, -0.15) is 0 Å². The number of thiophene rings is 1. The predicted molar refractivity (Wildman–Crippen MR) is 88.8 cm³/mol. The molecule has 0 bridgehead atoms. The van der Waals surface area contributed by atoms with E-state index >= 15 is 0 Å². The fourth-order valence-corrected chi connectivity index (χ4v) is 3.78. The van der Waals surface area contributed by atoms with Crippen LogP contribution in [-0.4, -0.2) is 6.54 Å². The highest BCUT2D eigenvalue weighted by Gasteiger charge is 2.16. The van der Waals surface area contributed by atoms with Crippen LogP contribution in [0.25, 0.3) is 10.1 Å². The SMILES string of the molecule is CCNC(c1cccc(Cl)c1)c1cc2ccccc2s1. The second kappa shape index (κ2) is 5.96. The fraction of sp³-hybridized carbons (Fsp3) is 0.176. The van der Waals surface area contributed by atoms with E-state index < -0.39 is 0 Å². The van der Waals surface area contributed by atoms with Gasteiger partial charge in [-0.3, -0.25) is 0 Å². The number of fused-ring (bicyclic) bond motifs is 1. The zero-order chi connectivity index (χ0) is 13.9. The Balaban J connectivity index is 2.05. The molecule has 20 heavy (non-hydrogen) atoms. The molecule has 0 amide bonds. The first-order valence-corrected chi connectivity index (χ1v) is 7.94. The molecule has 0 radical (unpaired) electrons. The van der Waals surface area contributed by atoms with Crippen molar-refractivity contribution < 1.29 is 0 Å². The normalized spacial score (nSPS) is 12.7. The van der Waals surface area contributed by atoms with E-state index in [1.165, 1.54) is 20.5 Å². The lowest BCUT2D eigenvalue weighted by Crippen LogP contribution is -2.20. The fourth-order valence-electron chi connectivity index (χ4n) is 2.42. The monoisotopic (exact) mass is 301 g/mol. The molecule has 0 fully saturated rings. The van der Waals surface area contributed by atoms with Gasteiger partial charge in [-0.05, 0) is 41.8 Å². The molecule has 0 saturated heterocycles. The van der Waals surface area contributed by atoms with Crippen LogP contribution in [0, 0.1) is 0 Å². The van der Waals surface area contributed by atoms with Crippen LogP contribution in [0.15, 0.2) is 54.6 Å². The highest BCUT2D eigenvalue weighted by atomic mass is 35.5. The maximum Gasteiger partial charge on any atom is 0.0671 e. The first kappa shape index (κ1) is 13.6. The van der Waals surface area contributed by atoms with Gasteiger partial charge in [-0.25, -0.2) is 0 Å². The van der Waals surface area contributed by atoms with Crippen molar-refractivity contribution in [1.29, 1.82) is 0 Å². The van der Waals surface area contributed by atoms with Gasteiger partial charge in [0.1, 0.15) is 0 Å². The van der Waals surface area contributed by atoms with E-state index in [1.807, 2.05) is 29.5 Å². The van der Waals surface area contributed by atoms with Crippen molar-refractivity contribution in [3.8, 4) is 0 Å². The first-order chi connectivity index (χ1) is 9.78. The van der Waals surface area contributed by atoms with Gasteiger partial charge in [-0.15, -0.1) is 11.3 Å². The van der Waals surface area contributed by atoms with Crippen LogP contribution in [0.2, 0.25) is 5.02 Å². The third-order valence-electron chi connectivity index (χ3n) is 3.32. The molecule has 3 aromatic rings. The van der Waals surface area contributed by atoms with Gasteiger partial charge in [0.05, 0.1) is 6.04 Å². The third-order valence-corrected chi connectivity index (χ3v) is 4.74. The van der Waals surface area contributed by atoms with Crippen molar-refractivity contribution in [2.24, 2.45) is 0 Å². The van der Waals surface area contributed by atoms with Crippen LogP contribution in [0.5, 0.6) is 0 Å². The summed E-state index contributed by atoms with van der Waals surface area (Å²) in [5, 5.41) is 5.64. The van der Waals surface area contributed by atoms with Gasteiger partial charge in [0, 0.05) is 14.6 Å². The van der Waals surface area contributed by atoms with E-state index in [-0.39, 0.29) is 6.04 Å². The number of benzene rings is 2. The van der Waals surface area contributed by atoms with Crippen LogP contribution in [0.3, 0.4) is 0 Å². The summed E-state index contributed by atoms with van der Waals surface area (Å²) in [7, 11) is 0. The largest absolute Gasteiger partial charge is 0.306 e. The zero-order valence-electron chi connectivity index (χ0n) is 11.3. The first-order valence-electron chi connectivity index (χ1n) is 6.75. The Morgan fingerprint density at radius 3 is 2.70 bits per heavy atom. The summed E-state index contributed by atoms with van der Waals surface area (Å²) in [5.74, 6) is 0. The third kappa shape index (κ3) is 2.73. The van der Waals surface area contributed by atoms with Crippen molar-refractivity contribution in [1.82, 2.24) is 5.32 Å². The topological polar surface area (TPSA) is 12.0 Å². The Kier molecular flexibility index (Phi) is 4.06. The molecule has 0 aliphatic heterocycles. The summed E-state index contributed by atoms with van der Waals surface area (Å²) in [6.45, 7) is 3.05. The van der Waals surface area contributed by atoms with Crippen molar-refractivity contribution in [2.45, 2.75) is 13.0 Å². The van der Waals surface area contributed by atoms with Crippen molar-refractivity contribution >= 4 is 33.0 Å². The lowest BCUT2D eigenvalue weighted by atomic mass is 10.0. The number of nitrogens with one attached hydrogen (secondary N) is 1. The molecule has 0 aliphatic rings. The Labute approximate surface area is 128 Å². The number of rotatable bonds is 4. The Morgan fingerprint density at radius 1 is 1.10 bits per heavy atom. The Hall–Kier alpha value is -1.35. The highest BCUT2D eigenvalue weighted by Crippen LogP contribution is 2.33. The van der Waals surface area contributed by atoms with Crippen molar-refractivity contribution in [3.05, 3.63) is 70.1 Å². The standard InChI is InChI=1S/C17H16ClNS/c1-2-19-17(13-7-5-8-14(18)10-13)16-11-12-6-3-4-9-15(12)20-16/h3-11,17,19H,2H2,1H3. The minimum absolute atomic E-state index is 0.205. The maximum atomic E-state index is 6.13. The Bertz CT molecular complexity index is 687. The molecule has 0 saturated carbocycles. The summed E-state index contributed by atoms with van der Waals surface area (Å²) in [5.41, 5.74) is 1.21. The minimum Gasteiger partial charge on any atom is -0.306 e. The van der Waals surface area contributed by atoms with E-state index in [0.29, 0.717) is 0 Å². The van der Waals surface area contributed by atoms with Gasteiger partial charge in [-0.1, -0.05) is 48.9 Å². The Morgan fingerprint density at radius 2 is 1.95 bits per heavy atom. The van der Waals surface area contributed by atoms with E-state index in [1.54, 1.807) is 0 Å².